The van der Waals surface area contributed by atoms with Crippen molar-refractivity contribution in [1.82, 2.24) is 0 Å². The van der Waals surface area contributed by atoms with E-state index in [1.807, 2.05) is 6.92 Å². The van der Waals surface area contributed by atoms with Crippen molar-refractivity contribution in [2.24, 2.45) is 58.0 Å². The van der Waals surface area contributed by atoms with Crippen molar-refractivity contribution in [2.75, 3.05) is 0 Å². The van der Waals surface area contributed by atoms with E-state index < -0.39 is 0 Å². The molecule has 0 amide bonds. The summed E-state index contributed by atoms with van der Waals surface area (Å²) in [6.07, 6.45) is 14.8. The summed E-state index contributed by atoms with van der Waals surface area (Å²) >= 11 is 0. The molecule has 2 N–H and O–H groups in total. The Balaban J connectivity index is 1.33. The molecule has 0 bridgehead atoms. The van der Waals surface area contributed by atoms with Crippen LogP contribution in [0.5, 0.6) is 0 Å². The summed E-state index contributed by atoms with van der Waals surface area (Å²) in [4.78, 5) is 11.1. The molecule has 12 atom stereocenters. The summed E-state index contributed by atoms with van der Waals surface area (Å²) in [5.41, 5.74) is 7.38. The maximum Gasteiger partial charge on any atom is 0.122 e. The molecule has 4 unspecified atom stereocenters. The van der Waals surface area contributed by atoms with Gasteiger partial charge < -0.3 is 15.3 Å². The second-order valence-electron chi connectivity index (χ2n) is 12.8. The first kappa shape index (κ1) is 21.4. The molecule has 170 valence electrons. The number of fused-ring (bicyclic) bond motifs is 7. The first-order valence-corrected chi connectivity index (χ1v) is 13.1. The van der Waals surface area contributed by atoms with Gasteiger partial charge in [-0.2, -0.15) is 0 Å². The van der Waals surface area contributed by atoms with Gasteiger partial charge in [0.25, 0.3) is 0 Å². The number of rotatable bonds is 4. The number of nitrogens with two attached hydrogens (primary N) is 1. The van der Waals surface area contributed by atoms with E-state index in [-0.39, 0.29) is 5.92 Å². The number of hydrogen-bond acceptors (Lipinski definition) is 3. The minimum atomic E-state index is 0.166. The lowest BCUT2D eigenvalue weighted by molar-refractivity contribution is -0.117. The molecule has 0 spiro atoms. The van der Waals surface area contributed by atoms with Gasteiger partial charge in [0.1, 0.15) is 6.29 Å². The molecule has 1 aliphatic heterocycles. The van der Waals surface area contributed by atoms with Crippen molar-refractivity contribution in [3.63, 3.8) is 0 Å². The van der Waals surface area contributed by atoms with E-state index in [2.05, 4.69) is 20.8 Å². The average molecular weight is 416 g/mol. The number of carbonyl (C=O) groups excluding carboxylic acids is 1. The molecule has 30 heavy (non-hydrogen) atoms. The lowest BCUT2D eigenvalue weighted by Gasteiger charge is -2.61. The van der Waals surface area contributed by atoms with E-state index in [1.54, 1.807) is 0 Å². The quantitative estimate of drug-likeness (QED) is 0.608. The van der Waals surface area contributed by atoms with Gasteiger partial charge in [0.2, 0.25) is 0 Å². The minimum Gasteiger partial charge on any atom is -0.374 e. The minimum absolute atomic E-state index is 0.166. The number of carbonyl (C=O) groups is 1. The fourth-order valence-electron chi connectivity index (χ4n) is 9.80. The third-order valence-corrected chi connectivity index (χ3v) is 11.4. The van der Waals surface area contributed by atoms with Crippen LogP contribution < -0.4 is 5.73 Å². The molecule has 1 heterocycles. The third kappa shape index (κ3) is 3.08. The van der Waals surface area contributed by atoms with Crippen LogP contribution in [0.3, 0.4) is 0 Å². The molecular weight excluding hydrogens is 370 g/mol. The third-order valence-electron chi connectivity index (χ3n) is 11.4. The Morgan fingerprint density at radius 2 is 1.83 bits per heavy atom. The van der Waals surface area contributed by atoms with Gasteiger partial charge in [0.05, 0.1) is 12.2 Å². The van der Waals surface area contributed by atoms with Crippen molar-refractivity contribution < 1.29 is 9.53 Å². The van der Waals surface area contributed by atoms with E-state index >= 15 is 0 Å². The van der Waals surface area contributed by atoms with Crippen molar-refractivity contribution in [1.29, 1.82) is 0 Å². The molecule has 0 aromatic carbocycles. The number of hydrogen-bond donors (Lipinski definition) is 1. The van der Waals surface area contributed by atoms with Crippen molar-refractivity contribution >= 4 is 6.29 Å². The van der Waals surface area contributed by atoms with Crippen molar-refractivity contribution in [3.8, 4) is 0 Å². The van der Waals surface area contributed by atoms with E-state index in [0.29, 0.717) is 35.0 Å². The van der Waals surface area contributed by atoms with Crippen LogP contribution in [0, 0.1) is 52.3 Å². The molecule has 5 fully saturated rings. The predicted octanol–water partition coefficient (Wildman–Crippen LogP) is 5.60. The van der Waals surface area contributed by atoms with Crippen LogP contribution in [0.4, 0.5) is 0 Å². The predicted molar refractivity (Wildman–Crippen MR) is 121 cm³/mol. The zero-order valence-electron chi connectivity index (χ0n) is 19.8. The summed E-state index contributed by atoms with van der Waals surface area (Å²) in [7, 11) is 0. The molecule has 3 nitrogen and oxygen atoms in total. The summed E-state index contributed by atoms with van der Waals surface area (Å²) in [5, 5.41) is 0. The smallest absolute Gasteiger partial charge is 0.122 e. The monoisotopic (exact) mass is 415 g/mol. The largest absolute Gasteiger partial charge is 0.374 e. The van der Waals surface area contributed by atoms with Crippen LogP contribution in [0.2, 0.25) is 0 Å². The lowest BCUT2D eigenvalue weighted by Crippen LogP contribution is -2.55. The molecule has 4 saturated carbocycles. The molecule has 4 aliphatic carbocycles. The molecule has 0 radical (unpaired) electrons. The van der Waals surface area contributed by atoms with Gasteiger partial charge in [-0.3, -0.25) is 0 Å². The van der Waals surface area contributed by atoms with Crippen molar-refractivity contribution in [3.05, 3.63) is 0 Å². The van der Waals surface area contributed by atoms with E-state index in [1.165, 1.54) is 51.4 Å². The van der Waals surface area contributed by atoms with Crippen LogP contribution >= 0.6 is 0 Å². The zero-order chi connectivity index (χ0) is 21.3. The molecule has 0 aromatic rings. The average Bonchev–Trinajstić information content (AvgIpc) is 3.20. The highest BCUT2D eigenvalue weighted by atomic mass is 16.5. The van der Waals surface area contributed by atoms with E-state index in [9.17, 15) is 4.79 Å². The number of aldehydes is 1. The van der Waals surface area contributed by atoms with Crippen LogP contribution in [-0.4, -0.2) is 24.5 Å². The normalized spacial score (nSPS) is 55.8. The number of ether oxygens (including phenoxy) is 1. The van der Waals surface area contributed by atoms with Gasteiger partial charge in [-0.1, -0.05) is 27.7 Å². The molecule has 3 heteroatoms. The second-order valence-corrected chi connectivity index (χ2v) is 12.8. The Morgan fingerprint density at radius 1 is 1.07 bits per heavy atom. The highest BCUT2D eigenvalue weighted by Gasteiger charge is 2.65. The zero-order valence-corrected chi connectivity index (χ0v) is 19.8. The van der Waals surface area contributed by atoms with Gasteiger partial charge in [-0.15, -0.1) is 0 Å². The Hall–Kier alpha value is -0.410. The first-order valence-electron chi connectivity index (χ1n) is 13.1. The summed E-state index contributed by atoms with van der Waals surface area (Å²) < 4.78 is 6.74. The molecular formula is C27H45NO2. The Bertz CT molecular complexity index is 665. The molecule has 1 saturated heterocycles. The fraction of sp³-hybridized carbons (Fsp3) is 0.963. The lowest BCUT2D eigenvalue weighted by atomic mass is 9.44. The van der Waals surface area contributed by atoms with E-state index in [4.69, 9.17) is 10.5 Å². The Labute approximate surface area is 184 Å². The van der Waals surface area contributed by atoms with Gasteiger partial charge in [-0.05, 0) is 111 Å². The van der Waals surface area contributed by atoms with Gasteiger partial charge >= 0.3 is 0 Å². The van der Waals surface area contributed by atoms with Gasteiger partial charge in [0, 0.05) is 12.0 Å². The fourth-order valence-corrected chi connectivity index (χ4v) is 9.80. The summed E-state index contributed by atoms with van der Waals surface area (Å²) in [6.45, 7) is 9.78. The SMILES string of the molecule is C[C@H](C=O)CC[C@H]1OC2C[C@H]3C4CCC5C[C@@H](N)CC[C@]5(C)[C@H]4CC[C@]3(C)C2[C@@H]1C. The molecule has 5 aliphatic rings. The van der Waals surface area contributed by atoms with Crippen LogP contribution in [-0.2, 0) is 9.53 Å². The maximum atomic E-state index is 11.1. The highest BCUT2D eigenvalue weighted by Crippen LogP contribution is 2.70. The highest BCUT2D eigenvalue weighted by molar-refractivity contribution is 5.52. The van der Waals surface area contributed by atoms with Gasteiger partial charge in [0.15, 0.2) is 0 Å². The van der Waals surface area contributed by atoms with Crippen LogP contribution in [0.1, 0.15) is 91.9 Å². The van der Waals surface area contributed by atoms with Crippen LogP contribution in [0.15, 0.2) is 0 Å². The first-order chi connectivity index (χ1) is 14.3. The Morgan fingerprint density at radius 3 is 2.60 bits per heavy atom. The molecule has 0 aromatic heterocycles. The second kappa shape index (κ2) is 7.58. The topological polar surface area (TPSA) is 52.3 Å². The summed E-state index contributed by atoms with van der Waals surface area (Å²) in [5.74, 6) is 5.09. The van der Waals surface area contributed by atoms with Crippen LogP contribution in [0.25, 0.3) is 0 Å². The Kier molecular flexibility index (Phi) is 5.41. The molecule has 5 rings (SSSR count). The summed E-state index contributed by atoms with van der Waals surface area (Å²) in [6, 6.07) is 0.451. The maximum absolute atomic E-state index is 11.1. The van der Waals surface area contributed by atoms with Gasteiger partial charge in [-0.25, -0.2) is 0 Å². The van der Waals surface area contributed by atoms with Crippen molar-refractivity contribution in [2.45, 2.75) is 110 Å². The van der Waals surface area contributed by atoms with E-state index in [0.717, 1.165) is 48.7 Å². The standard InChI is InChI=1S/C27H45NO2/c1-16(15-29)5-8-23-17(2)25-24(30-23)14-22-20-7-6-18-13-19(28)9-11-26(18,3)21(20)10-12-27(22,25)4/h15-25H,5-14,28H2,1-4H3/t16-,17+,18?,19-,20?,21-,22-,23+,24?,25?,26-,27-/m0/s1.